The highest BCUT2D eigenvalue weighted by Crippen LogP contribution is 2.23. The summed E-state index contributed by atoms with van der Waals surface area (Å²) in [6.07, 6.45) is 3.41. The van der Waals surface area contributed by atoms with Crippen molar-refractivity contribution in [2.45, 2.75) is 52.2 Å². The number of pyridine rings is 1. The Kier molecular flexibility index (Phi) is 5.16. The second kappa shape index (κ2) is 6.73. The molecule has 1 fully saturated rings. The Morgan fingerprint density at radius 1 is 1.50 bits per heavy atom. The third-order valence-corrected chi connectivity index (χ3v) is 3.71. The second-order valence-corrected chi connectivity index (χ2v) is 7.12. The fourth-order valence-corrected chi connectivity index (χ4v) is 2.62. The van der Waals surface area contributed by atoms with Gasteiger partial charge in [-0.25, -0.2) is 9.78 Å². The van der Waals surface area contributed by atoms with Crippen LogP contribution in [0.15, 0.2) is 12.3 Å². The minimum Gasteiger partial charge on any atom is -0.444 e. The van der Waals surface area contributed by atoms with E-state index in [2.05, 4.69) is 10.3 Å². The van der Waals surface area contributed by atoms with Crippen LogP contribution in [0.25, 0.3) is 0 Å². The molecule has 1 aromatic heterocycles. The van der Waals surface area contributed by atoms with Crippen LogP contribution < -0.4 is 5.32 Å². The monoisotopic (exact) mass is 325 g/mol. The van der Waals surface area contributed by atoms with E-state index in [1.165, 1.54) is 0 Å². The van der Waals surface area contributed by atoms with Crippen LogP contribution in [-0.4, -0.2) is 40.7 Å². The van der Waals surface area contributed by atoms with E-state index in [0.29, 0.717) is 11.7 Å². The zero-order valence-corrected chi connectivity index (χ0v) is 14.4. The molecule has 5 nitrogen and oxygen atoms in total. The molecule has 0 saturated carbocycles. The average Bonchev–Trinajstić information content (AvgIpc) is 2.41. The second-order valence-electron chi connectivity index (χ2n) is 6.76. The lowest BCUT2D eigenvalue weighted by Gasteiger charge is -2.34. The van der Waals surface area contributed by atoms with Crippen LogP contribution in [0, 0.1) is 6.92 Å². The summed E-state index contributed by atoms with van der Waals surface area (Å²) in [5.74, 6) is 0. The number of nitrogens with zero attached hydrogens (tertiary/aromatic N) is 2. The van der Waals surface area contributed by atoms with E-state index in [1.54, 1.807) is 11.1 Å². The highest BCUT2D eigenvalue weighted by Gasteiger charge is 2.27. The minimum atomic E-state index is -0.471. The lowest BCUT2D eigenvalue weighted by Crippen LogP contribution is -2.47. The number of aromatic nitrogens is 1. The van der Waals surface area contributed by atoms with Gasteiger partial charge in [-0.3, -0.25) is 0 Å². The number of halogens is 1. The molecule has 1 aliphatic rings. The van der Waals surface area contributed by atoms with Crippen LogP contribution in [0.4, 0.5) is 10.5 Å². The topological polar surface area (TPSA) is 54.5 Å². The van der Waals surface area contributed by atoms with Gasteiger partial charge in [0.15, 0.2) is 5.15 Å². The number of nitrogens with one attached hydrogen (secondary N) is 1. The number of carbonyl (C=O) groups is 1. The first kappa shape index (κ1) is 16.9. The van der Waals surface area contributed by atoms with Crippen molar-refractivity contribution in [1.29, 1.82) is 0 Å². The van der Waals surface area contributed by atoms with E-state index in [-0.39, 0.29) is 12.1 Å². The summed E-state index contributed by atoms with van der Waals surface area (Å²) in [5, 5.41) is 3.85. The number of hydrogen-bond donors (Lipinski definition) is 1. The maximum atomic E-state index is 12.2. The molecule has 122 valence electrons. The number of aryl methyl sites for hydroxylation is 1. The molecule has 0 spiro atoms. The van der Waals surface area contributed by atoms with E-state index in [4.69, 9.17) is 16.3 Å². The molecule has 1 amide bonds. The lowest BCUT2D eigenvalue weighted by atomic mass is 10.1. The molecular weight excluding hydrogens is 302 g/mol. The highest BCUT2D eigenvalue weighted by atomic mass is 35.5. The third kappa shape index (κ3) is 4.77. The van der Waals surface area contributed by atoms with Crippen molar-refractivity contribution in [3.8, 4) is 0 Å². The third-order valence-electron chi connectivity index (χ3n) is 3.41. The molecule has 0 aliphatic carbocycles. The van der Waals surface area contributed by atoms with Gasteiger partial charge in [-0.15, -0.1) is 0 Å². The summed E-state index contributed by atoms with van der Waals surface area (Å²) in [6, 6.07) is 2.13. The van der Waals surface area contributed by atoms with Gasteiger partial charge in [0, 0.05) is 25.3 Å². The molecule has 1 aromatic rings. The standard InChI is InChI=1S/C16H24ClN3O2/c1-11-8-13(14(17)18-9-11)19-12-6-5-7-20(10-12)15(21)22-16(2,3)4/h8-9,12,19H,5-7,10H2,1-4H3. The molecule has 1 N–H and O–H groups in total. The van der Waals surface area contributed by atoms with E-state index in [1.807, 2.05) is 33.8 Å². The zero-order valence-electron chi connectivity index (χ0n) is 13.6. The molecule has 1 aliphatic heterocycles. The summed E-state index contributed by atoms with van der Waals surface area (Å²) in [7, 11) is 0. The van der Waals surface area contributed by atoms with Crippen molar-refractivity contribution in [3.05, 3.63) is 23.0 Å². The smallest absolute Gasteiger partial charge is 0.410 e. The predicted molar refractivity (Wildman–Crippen MR) is 88.4 cm³/mol. The molecule has 2 heterocycles. The highest BCUT2D eigenvalue weighted by molar-refractivity contribution is 6.32. The maximum absolute atomic E-state index is 12.2. The summed E-state index contributed by atoms with van der Waals surface area (Å²) in [6.45, 7) is 8.95. The number of amides is 1. The fourth-order valence-electron chi connectivity index (χ4n) is 2.46. The van der Waals surface area contributed by atoms with Crippen LogP contribution in [0.5, 0.6) is 0 Å². The molecule has 2 rings (SSSR count). The molecule has 1 atom stereocenters. The largest absolute Gasteiger partial charge is 0.444 e. The van der Waals surface area contributed by atoms with Crippen LogP contribution in [0.1, 0.15) is 39.2 Å². The molecule has 22 heavy (non-hydrogen) atoms. The van der Waals surface area contributed by atoms with Crippen LogP contribution in [0.3, 0.4) is 0 Å². The average molecular weight is 326 g/mol. The zero-order chi connectivity index (χ0) is 16.3. The maximum Gasteiger partial charge on any atom is 0.410 e. The van der Waals surface area contributed by atoms with Gasteiger partial charge in [-0.1, -0.05) is 11.6 Å². The minimum absolute atomic E-state index is 0.155. The van der Waals surface area contributed by atoms with Gasteiger partial charge in [-0.2, -0.15) is 0 Å². The van der Waals surface area contributed by atoms with Crippen molar-refractivity contribution >= 4 is 23.4 Å². The molecule has 1 unspecified atom stereocenters. The Balaban J connectivity index is 1.98. The Morgan fingerprint density at radius 3 is 2.91 bits per heavy atom. The van der Waals surface area contributed by atoms with Gasteiger partial charge >= 0.3 is 6.09 Å². The van der Waals surface area contributed by atoms with Gasteiger partial charge in [0.1, 0.15) is 5.60 Å². The molecular formula is C16H24ClN3O2. The normalized spacial score (nSPS) is 19.0. The predicted octanol–water partition coefficient (Wildman–Crippen LogP) is 3.85. The molecule has 1 saturated heterocycles. The summed E-state index contributed by atoms with van der Waals surface area (Å²) < 4.78 is 5.44. The van der Waals surface area contributed by atoms with E-state index in [9.17, 15) is 4.79 Å². The van der Waals surface area contributed by atoms with Crippen LogP contribution in [-0.2, 0) is 4.74 Å². The first-order valence-corrected chi connectivity index (χ1v) is 7.99. The van der Waals surface area contributed by atoms with Gasteiger partial charge in [0.25, 0.3) is 0 Å². The first-order valence-electron chi connectivity index (χ1n) is 7.61. The molecule has 0 bridgehead atoms. The number of likely N-dealkylation sites (tertiary alicyclic amines) is 1. The SMILES string of the molecule is Cc1cnc(Cl)c(NC2CCCN(C(=O)OC(C)(C)C)C2)c1. The Hall–Kier alpha value is -1.49. The molecule has 6 heteroatoms. The fraction of sp³-hybridized carbons (Fsp3) is 0.625. The number of piperidine rings is 1. The van der Waals surface area contributed by atoms with Crippen molar-refractivity contribution in [2.75, 3.05) is 18.4 Å². The summed E-state index contributed by atoms with van der Waals surface area (Å²) >= 11 is 6.12. The molecule has 0 aromatic carbocycles. The Labute approximate surface area is 137 Å². The van der Waals surface area contributed by atoms with Crippen LogP contribution >= 0.6 is 11.6 Å². The van der Waals surface area contributed by atoms with Gasteiger partial charge in [0.05, 0.1) is 5.69 Å². The van der Waals surface area contributed by atoms with Gasteiger partial charge in [0.2, 0.25) is 0 Å². The number of rotatable bonds is 2. The van der Waals surface area contributed by atoms with Crippen molar-refractivity contribution in [1.82, 2.24) is 9.88 Å². The number of ether oxygens (including phenoxy) is 1. The van der Waals surface area contributed by atoms with Crippen molar-refractivity contribution in [3.63, 3.8) is 0 Å². The van der Waals surface area contributed by atoms with E-state index in [0.717, 1.165) is 30.6 Å². The van der Waals surface area contributed by atoms with Crippen LogP contribution in [0.2, 0.25) is 5.15 Å². The van der Waals surface area contributed by atoms with Gasteiger partial charge < -0.3 is 15.0 Å². The van der Waals surface area contributed by atoms with Crippen molar-refractivity contribution in [2.24, 2.45) is 0 Å². The van der Waals surface area contributed by atoms with E-state index >= 15 is 0 Å². The number of anilines is 1. The Bertz CT molecular complexity index is 543. The number of hydrogen-bond acceptors (Lipinski definition) is 4. The summed E-state index contributed by atoms with van der Waals surface area (Å²) in [5.41, 5.74) is 1.39. The Morgan fingerprint density at radius 2 is 2.23 bits per heavy atom. The van der Waals surface area contributed by atoms with Crippen molar-refractivity contribution < 1.29 is 9.53 Å². The lowest BCUT2D eigenvalue weighted by molar-refractivity contribution is 0.0206. The van der Waals surface area contributed by atoms with E-state index < -0.39 is 5.60 Å². The number of carbonyl (C=O) groups excluding carboxylic acids is 1. The van der Waals surface area contributed by atoms with Gasteiger partial charge in [-0.05, 0) is 52.2 Å². The summed E-state index contributed by atoms with van der Waals surface area (Å²) in [4.78, 5) is 18.1. The quantitative estimate of drug-likeness (QED) is 0.839. The molecule has 0 radical (unpaired) electrons. The first-order chi connectivity index (χ1) is 10.2.